The van der Waals surface area contributed by atoms with Crippen LogP contribution >= 0.6 is 0 Å². The average Bonchev–Trinajstić information content (AvgIpc) is 2.98. The van der Waals surface area contributed by atoms with Crippen LogP contribution in [0.4, 0.5) is 0 Å². The highest BCUT2D eigenvalue weighted by atomic mass is 16.3. The number of allylic oxidation sites excluding steroid dienone is 1. The third-order valence-electron chi connectivity index (χ3n) is 6.19. The highest BCUT2D eigenvalue weighted by Gasteiger charge is 2.57. The van der Waals surface area contributed by atoms with Crippen molar-refractivity contribution in [3.8, 4) is 0 Å². The maximum absolute atomic E-state index is 13.4. The molecule has 2 rings (SSSR count). The number of hydrogen-bond donors (Lipinski definition) is 3. The van der Waals surface area contributed by atoms with Crippen molar-refractivity contribution in [3.05, 3.63) is 12.2 Å². The fraction of sp³-hybridized carbons (Fsp3) is 0.762. The third-order valence-corrected chi connectivity index (χ3v) is 6.19. The molecule has 7 atom stereocenters. The van der Waals surface area contributed by atoms with Crippen LogP contribution in [0.25, 0.3) is 0 Å². The normalized spacial score (nSPS) is 31.3. The monoisotopic (exact) mass is 393 g/mol. The average molecular weight is 394 g/mol. The number of nitrogens with zero attached hydrogens (tertiary/aromatic N) is 1. The van der Waals surface area contributed by atoms with Gasteiger partial charge in [-0.25, -0.2) is 0 Å². The molecule has 1 unspecified atom stereocenters. The Balaban J connectivity index is 2.44. The number of nitrogens with one attached hydrogen (secondary N) is 2. The first kappa shape index (κ1) is 22.4. The zero-order valence-corrected chi connectivity index (χ0v) is 17.6. The molecule has 0 radical (unpaired) electrons. The Morgan fingerprint density at radius 2 is 1.89 bits per heavy atom. The Labute approximate surface area is 167 Å². The number of carbonyl (C=O) groups excluding carboxylic acids is 3. The van der Waals surface area contributed by atoms with E-state index < -0.39 is 23.9 Å². The van der Waals surface area contributed by atoms with E-state index in [-0.39, 0.29) is 42.2 Å². The van der Waals surface area contributed by atoms with Crippen LogP contribution in [-0.2, 0) is 14.4 Å². The zero-order chi connectivity index (χ0) is 21.0. The summed E-state index contributed by atoms with van der Waals surface area (Å²) in [6.45, 7) is 7.51. The van der Waals surface area contributed by atoms with E-state index in [4.69, 9.17) is 0 Å². The van der Waals surface area contributed by atoms with Crippen molar-refractivity contribution in [1.82, 2.24) is 15.5 Å². The fourth-order valence-electron chi connectivity index (χ4n) is 4.76. The summed E-state index contributed by atoms with van der Waals surface area (Å²) < 4.78 is 0. The number of carbonyl (C=O) groups is 3. The van der Waals surface area contributed by atoms with E-state index in [1.165, 1.54) is 4.90 Å². The Bertz CT molecular complexity index is 621. The number of rotatable bonds is 8. The van der Waals surface area contributed by atoms with Gasteiger partial charge in [0.05, 0.1) is 24.5 Å². The zero-order valence-electron chi connectivity index (χ0n) is 17.6. The maximum Gasteiger partial charge on any atom is 0.243 e. The summed E-state index contributed by atoms with van der Waals surface area (Å²) in [5, 5.41) is 15.4. The van der Waals surface area contributed by atoms with Crippen LogP contribution < -0.4 is 10.6 Å². The molecule has 3 amide bonds. The van der Waals surface area contributed by atoms with Gasteiger partial charge in [0.25, 0.3) is 0 Å². The second-order valence-electron chi connectivity index (χ2n) is 8.12. The van der Waals surface area contributed by atoms with Gasteiger partial charge in [0.1, 0.15) is 6.04 Å². The van der Waals surface area contributed by atoms with Crippen molar-refractivity contribution in [3.63, 3.8) is 0 Å². The van der Waals surface area contributed by atoms with Crippen molar-refractivity contribution < 1.29 is 19.5 Å². The lowest BCUT2D eigenvalue weighted by Crippen LogP contribution is -2.52. The number of fused-ring (bicyclic) bond motifs is 1. The summed E-state index contributed by atoms with van der Waals surface area (Å²) >= 11 is 0. The van der Waals surface area contributed by atoms with Crippen LogP contribution in [0, 0.1) is 23.7 Å². The SMILES string of the molecule is CCCC(C)NC(=O)[C@@H]1[C@H]2C=C[C@@H](CC)[C@@H](C(=O)NC)[C@H]2C(=O)N1[C@H](C)CO. The lowest BCUT2D eigenvalue weighted by atomic mass is 9.69. The summed E-state index contributed by atoms with van der Waals surface area (Å²) in [4.78, 5) is 40.7. The van der Waals surface area contributed by atoms with Gasteiger partial charge in [-0.05, 0) is 32.6 Å². The van der Waals surface area contributed by atoms with E-state index in [0.29, 0.717) is 0 Å². The molecule has 0 aromatic rings. The Morgan fingerprint density at radius 3 is 2.43 bits per heavy atom. The highest BCUT2D eigenvalue weighted by Crippen LogP contribution is 2.45. The molecule has 28 heavy (non-hydrogen) atoms. The molecule has 7 heteroatoms. The van der Waals surface area contributed by atoms with Crippen LogP contribution in [0.2, 0.25) is 0 Å². The predicted molar refractivity (Wildman–Crippen MR) is 107 cm³/mol. The number of aliphatic hydroxyl groups excluding tert-OH is 1. The molecular formula is C21H35N3O4. The first-order valence-corrected chi connectivity index (χ1v) is 10.5. The van der Waals surface area contributed by atoms with Crippen molar-refractivity contribution in [2.75, 3.05) is 13.7 Å². The van der Waals surface area contributed by atoms with Crippen LogP contribution in [0.15, 0.2) is 12.2 Å². The van der Waals surface area contributed by atoms with E-state index in [0.717, 1.165) is 19.3 Å². The van der Waals surface area contributed by atoms with Crippen LogP contribution in [0.3, 0.4) is 0 Å². The molecule has 1 aliphatic heterocycles. The van der Waals surface area contributed by atoms with Crippen molar-refractivity contribution in [2.45, 2.75) is 65.1 Å². The standard InChI is InChI=1S/C21H35N3O4/c1-6-8-12(3)23-20(27)18-15-10-9-14(7-2)16(19(26)22-5)17(15)21(28)24(18)13(4)11-25/h9-10,12-18,25H,6-8,11H2,1-5H3,(H,22,26)(H,23,27)/t12?,13-,14-,15+,16-,17+,18+/m1/s1. The number of amides is 3. The minimum absolute atomic E-state index is 0.00336. The number of aliphatic hydroxyl groups is 1. The third kappa shape index (κ3) is 4.09. The first-order chi connectivity index (χ1) is 13.3. The lowest BCUT2D eigenvalue weighted by Gasteiger charge is -2.34. The van der Waals surface area contributed by atoms with Gasteiger partial charge in [-0.1, -0.05) is 32.4 Å². The van der Waals surface area contributed by atoms with E-state index in [9.17, 15) is 19.5 Å². The Hall–Kier alpha value is -1.89. The minimum atomic E-state index is -0.708. The molecule has 0 spiro atoms. The summed E-state index contributed by atoms with van der Waals surface area (Å²) in [7, 11) is 1.58. The maximum atomic E-state index is 13.4. The van der Waals surface area contributed by atoms with Crippen molar-refractivity contribution in [1.29, 1.82) is 0 Å². The molecule has 7 nitrogen and oxygen atoms in total. The second kappa shape index (κ2) is 9.54. The predicted octanol–water partition coefficient (Wildman–Crippen LogP) is 1.07. The molecule has 1 fully saturated rings. The molecular weight excluding hydrogens is 358 g/mol. The van der Waals surface area contributed by atoms with E-state index >= 15 is 0 Å². The molecule has 158 valence electrons. The van der Waals surface area contributed by atoms with Gasteiger partial charge in [0.15, 0.2) is 0 Å². The molecule has 3 N–H and O–H groups in total. The molecule has 0 saturated carbocycles. The van der Waals surface area contributed by atoms with Crippen LogP contribution in [0.1, 0.15) is 47.0 Å². The molecule has 0 aromatic heterocycles. The number of hydrogen-bond acceptors (Lipinski definition) is 4. The highest BCUT2D eigenvalue weighted by molar-refractivity contribution is 5.97. The quantitative estimate of drug-likeness (QED) is 0.537. The van der Waals surface area contributed by atoms with E-state index in [1.54, 1.807) is 14.0 Å². The first-order valence-electron chi connectivity index (χ1n) is 10.5. The summed E-state index contributed by atoms with van der Waals surface area (Å²) in [6.07, 6.45) is 6.46. The van der Waals surface area contributed by atoms with Crippen LogP contribution in [0.5, 0.6) is 0 Å². The summed E-state index contributed by atoms with van der Waals surface area (Å²) in [5.41, 5.74) is 0. The largest absolute Gasteiger partial charge is 0.394 e. The Kier molecular flexibility index (Phi) is 7.63. The lowest BCUT2D eigenvalue weighted by molar-refractivity contribution is -0.143. The number of likely N-dealkylation sites (tertiary alicyclic amines) is 1. The molecule has 2 aliphatic rings. The van der Waals surface area contributed by atoms with Gasteiger partial charge in [-0.2, -0.15) is 0 Å². The molecule has 1 aliphatic carbocycles. The van der Waals surface area contributed by atoms with Crippen molar-refractivity contribution in [2.24, 2.45) is 23.7 Å². The topological polar surface area (TPSA) is 98.7 Å². The molecule has 0 aromatic carbocycles. The van der Waals surface area contributed by atoms with Crippen LogP contribution in [-0.4, -0.2) is 59.5 Å². The Morgan fingerprint density at radius 1 is 1.21 bits per heavy atom. The second-order valence-corrected chi connectivity index (χ2v) is 8.12. The van der Waals surface area contributed by atoms with E-state index in [2.05, 4.69) is 17.6 Å². The summed E-state index contributed by atoms with van der Waals surface area (Å²) in [6, 6.07) is -1.20. The van der Waals surface area contributed by atoms with Gasteiger partial charge in [-0.15, -0.1) is 0 Å². The van der Waals surface area contributed by atoms with Gasteiger partial charge >= 0.3 is 0 Å². The molecule has 1 heterocycles. The van der Waals surface area contributed by atoms with Gasteiger partial charge in [-0.3, -0.25) is 14.4 Å². The van der Waals surface area contributed by atoms with E-state index in [1.807, 2.05) is 26.0 Å². The smallest absolute Gasteiger partial charge is 0.243 e. The molecule has 1 saturated heterocycles. The fourth-order valence-corrected chi connectivity index (χ4v) is 4.76. The van der Waals surface area contributed by atoms with Crippen molar-refractivity contribution >= 4 is 17.7 Å². The minimum Gasteiger partial charge on any atom is -0.394 e. The van der Waals surface area contributed by atoms with Gasteiger partial charge in [0, 0.05) is 19.0 Å². The summed E-state index contributed by atoms with van der Waals surface area (Å²) in [5.74, 6) is -2.10. The molecule has 0 bridgehead atoms. The van der Waals surface area contributed by atoms with Gasteiger partial charge < -0.3 is 20.6 Å². The van der Waals surface area contributed by atoms with Gasteiger partial charge in [0.2, 0.25) is 17.7 Å².